The maximum Gasteiger partial charge on any atom is 0.237 e. The molecule has 0 N–H and O–H groups in total. The molecule has 0 radical (unpaired) electrons. The highest BCUT2D eigenvalue weighted by atomic mass is 16.5. The lowest BCUT2D eigenvalue weighted by atomic mass is 9.96. The summed E-state index contributed by atoms with van der Waals surface area (Å²) >= 11 is 0. The second kappa shape index (κ2) is 4.66. The lowest BCUT2D eigenvalue weighted by Crippen LogP contribution is -2.27. The Labute approximate surface area is 134 Å². The van der Waals surface area contributed by atoms with E-state index in [0.29, 0.717) is 18.3 Å². The molecule has 118 valence electrons. The van der Waals surface area contributed by atoms with E-state index in [4.69, 9.17) is 9.51 Å². The monoisotopic (exact) mass is 309 g/mol. The number of hydrogen-bond acceptors (Lipinski definition) is 4. The molecule has 1 aromatic heterocycles. The van der Waals surface area contributed by atoms with Gasteiger partial charge in [0.05, 0.1) is 5.41 Å². The number of carbonyl (C=O) groups excluding carboxylic acids is 1. The van der Waals surface area contributed by atoms with E-state index in [1.807, 2.05) is 11.0 Å². The van der Waals surface area contributed by atoms with Crippen LogP contribution in [0, 0.1) is 0 Å². The van der Waals surface area contributed by atoms with Crippen LogP contribution in [0.4, 0.5) is 0 Å². The molecule has 5 rings (SSSR count). The Morgan fingerprint density at radius 2 is 1.96 bits per heavy atom. The molecule has 3 aliphatic rings. The molecule has 1 amide bonds. The summed E-state index contributed by atoms with van der Waals surface area (Å²) in [5.74, 6) is 1.76. The van der Waals surface area contributed by atoms with Crippen LogP contribution in [0.3, 0.4) is 0 Å². The van der Waals surface area contributed by atoms with Crippen LogP contribution < -0.4 is 0 Å². The summed E-state index contributed by atoms with van der Waals surface area (Å²) in [6.45, 7) is 0.751. The fraction of sp³-hybridized carbons (Fsp3) is 0.500. The largest absolute Gasteiger partial charge is 0.339 e. The standard InChI is InChI=1S/C18H19N3O2/c22-15-10-12(11-21(15)14-6-7-14)16-19-17(23-20-16)18(8-9-18)13-4-2-1-3-5-13/h1-5,12,14H,6-11H2. The van der Waals surface area contributed by atoms with Gasteiger partial charge in [-0.25, -0.2) is 0 Å². The zero-order valence-electron chi connectivity index (χ0n) is 12.9. The van der Waals surface area contributed by atoms with Crippen LogP contribution in [0.1, 0.15) is 55.3 Å². The predicted molar refractivity (Wildman–Crippen MR) is 82.8 cm³/mol. The van der Waals surface area contributed by atoms with Gasteiger partial charge < -0.3 is 9.42 Å². The molecule has 5 nitrogen and oxygen atoms in total. The number of likely N-dealkylation sites (tertiary alicyclic amines) is 1. The number of rotatable bonds is 4. The van der Waals surface area contributed by atoms with Gasteiger partial charge in [-0.15, -0.1) is 0 Å². The predicted octanol–water partition coefficient (Wildman–Crippen LogP) is 2.63. The van der Waals surface area contributed by atoms with Crippen molar-refractivity contribution < 1.29 is 9.32 Å². The Kier molecular flexibility index (Phi) is 2.69. The van der Waals surface area contributed by atoms with Crippen molar-refractivity contribution in [3.05, 3.63) is 47.6 Å². The first-order valence-corrected chi connectivity index (χ1v) is 8.45. The summed E-state index contributed by atoms with van der Waals surface area (Å²) in [5.41, 5.74) is 1.16. The summed E-state index contributed by atoms with van der Waals surface area (Å²) in [5, 5.41) is 4.21. The lowest BCUT2D eigenvalue weighted by Gasteiger charge is -2.14. The van der Waals surface area contributed by atoms with E-state index in [-0.39, 0.29) is 17.2 Å². The Hall–Kier alpha value is -2.17. The molecule has 2 saturated carbocycles. The summed E-state index contributed by atoms with van der Waals surface area (Å²) in [6.07, 6.45) is 4.92. The molecule has 23 heavy (non-hydrogen) atoms. The molecule has 1 atom stereocenters. The molecule has 1 aromatic carbocycles. The number of amides is 1. The third-order valence-corrected chi connectivity index (χ3v) is 5.44. The number of nitrogens with zero attached hydrogens (tertiary/aromatic N) is 3. The van der Waals surface area contributed by atoms with Gasteiger partial charge in [0, 0.05) is 24.9 Å². The van der Waals surface area contributed by atoms with Crippen molar-refractivity contribution in [1.82, 2.24) is 15.0 Å². The van der Waals surface area contributed by atoms with Gasteiger partial charge in [-0.2, -0.15) is 4.98 Å². The van der Waals surface area contributed by atoms with Crippen LogP contribution in [0.5, 0.6) is 0 Å². The number of benzene rings is 1. The second-order valence-electron chi connectivity index (χ2n) is 7.08. The topological polar surface area (TPSA) is 59.2 Å². The summed E-state index contributed by atoms with van der Waals surface area (Å²) in [6, 6.07) is 10.9. The van der Waals surface area contributed by atoms with Crippen molar-refractivity contribution >= 4 is 5.91 Å². The smallest absolute Gasteiger partial charge is 0.237 e. The average molecular weight is 309 g/mol. The Balaban J connectivity index is 1.40. The highest BCUT2D eigenvalue weighted by Crippen LogP contribution is 2.53. The first-order chi connectivity index (χ1) is 11.3. The minimum atomic E-state index is -0.0920. The van der Waals surface area contributed by atoms with Crippen LogP contribution in [0.15, 0.2) is 34.9 Å². The van der Waals surface area contributed by atoms with Gasteiger partial charge in [0.25, 0.3) is 0 Å². The molecule has 0 bridgehead atoms. The molecule has 5 heteroatoms. The van der Waals surface area contributed by atoms with Gasteiger partial charge in [-0.05, 0) is 31.2 Å². The molecular formula is C18H19N3O2. The van der Waals surface area contributed by atoms with Crippen molar-refractivity contribution in [1.29, 1.82) is 0 Å². The van der Waals surface area contributed by atoms with Gasteiger partial charge in [-0.1, -0.05) is 35.5 Å². The molecule has 2 heterocycles. The molecule has 0 spiro atoms. The molecule has 3 fully saturated rings. The van der Waals surface area contributed by atoms with Crippen molar-refractivity contribution in [2.24, 2.45) is 0 Å². The van der Waals surface area contributed by atoms with Crippen molar-refractivity contribution in [3.8, 4) is 0 Å². The zero-order chi connectivity index (χ0) is 15.4. The van der Waals surface area contributed by atoms with Crippen LogP contribution in [-0.4, -0.2) is 33.5 Å². The fourth-order valence-electron chi connectivity index (χ4n) is 3.75. The maximum atomic E-state index is 12.1. The number of carbonyl (C=O) groups is 1. The van der Waals surface area contributed by atoms with E-state index in [2.05, 4.69) is 29.4 Å². The van der Waals surface area contributed by atoms with E-state index < -0.39 is 0 Å². The van der Waals surface area contributed by atoms with Gasteiger partial charge in [0.1, 0.15) is 0 Å². The quantitative estimate of drug-likeness (QED) is 0.871. The van der Waals surface area contributed by atoms with Gasteiger partial charge in [-0.3, -0.25) is 4.79 Å². The average Bonchev–Trinajstić information content (AvgIpc) is 3.50. The first-order valence-electron chi connectivity index (χ1n) is 8.45. The maximum absolute atomic E-state index is 12.1. The second-order valence-corrected chi connectivity index (χ2v) is 7.08. The van der Waals surface area contributed by atoms with Crippen molar-refractivity contribution in [2.45, 2.75) is 49.5 Å². The minimum absolute atomic E-state index is 0.0900. The molecule has 2 aliphatic carbocycles. The fourth-order valence-corrected chi connectivity index (χ4v) is 3.75. The van der Waals surface area contributed by atoms with E-state index in [0.717, 1.165) is 38.1 Å². The Morgan fingerprint density at radius 3 is 2.65 bits per heavy atom. The molecule has 1 saturated heterocycles. The van der Waals surface area contributed by atoms with Gasteiger partial charge in [0.15, 0.2) is 5.82 Å². The van der Waals surface area contributed by atoms with Crippen LogP contribution >= 0.6 is 0 Å². The van der Waals surface area contributed by atoms with Crippen LogP contribution in [-0.2, 0) is 10.2 Å². The van der Waals surface area contributed by atoms with E-state index in [9.17, 15) is 4.79 Å². The zero-order valence-corrected chi connectivity index (χ0v) is 12.9. The highest BCUT2D eigenvalue weighted by molar-refractivity contribution is 5.80. The van der Waals surface area contributed by atoms with Crippen LogP contribution in [0.25, 0.3) is 0 Å². The SMILES string of the molecule is O=C1CC(c2noc(C3(c4ccccc4)CC3)n2)CN1C1CC1. The number of aromatic nitrogens is 2. The third kappa shape index (κ3) is 2.10. The molecule has 2 aromatic rings. The van der Waals surface area contributed by atoms with E-state index in [1.165, 1.54) is 5.56 Å². The van der Waals surface area contributed by atoms with Crippen molar-refractivity contribution in [2.75, 3.05) is 6.54 Å². The molecule has 1 aliphatic heterocycles. The minimum Gasteiger partial charge on any atom is -0.339 e. The Morgan fingerprint density at radius 1 is 1.17 bits per heavy atom. The van der Waals surface area contributed by atoms with Crippen LogP contribution in [0.2, 0.25) is 0 Å². The molecule has 1 unspecified atom stereocenters. The summed E-state index contributed by atoms with van der Waals surface area (Å²) in [4.78, 5) is 18.8. The summed E-state index contributed by atoms with van der Waals surface area (Å²) in [7, 11) is 0. The number of hydrogen-bond donors (Lipinski definition) is 0. The van der Waals surface area contributed by atoms with Gasteiger partial charge in [0.2, 0.25) is 11.8 Å². The normalized spacial score (nSPS) is 25.8. The molecular weight excluding hydrogens is 290 g/mol. The van der Waals surface area contributed by atoms with E-state index in [1.54, 1.807) is 0 Å². The highest BCUT2D eigenvalue weighted by Gasteiger charge is 2.51. The van der Waals surface area contributed by atoms with Crippen molar-refractivity contribution in [3.63, 3.8) is 0 Å². The third-order valence-electron chi connectivity index (χ3n) is 5.44. The summed E-state index contributed by atoms with van der Waals surface area (Å²) < 4.78 is 5.61. The Bertz CT molecular complexity index is 747. The van der Waals surface area contributed by atoms with Gasteiger partial charge >= 0.3 is 0 Å². The first kappa shape index (κ1) is 13.3. The van der Waals surface area contributed by atoms with E-state index >= 15 is 0 Å². The lowest BCUT2D eigenvalue weighted by molar-refractivity contribution is -0.128.